The highest BCUT2D eigenvalue weighted by atomic mass is 32.1. The van der Waals surface area contributed by atoms with Gasteiger partial charge in [-0.1, -0.05) is 11.6 Å². The topological polar surface area (TPSA) is 57.8 Å². The van der Waals surface area contributed by atoms with Crippen LogP contribution in [-0.4, -0.2) is 22.4 Å². The van der Waals surface area contributed by atoms with Crippen LogP contribution >= 0.6 is 11.3 Å². The van der Waals surface area contributed by atoms with E-state index in [1.807, 2.05) is 32.0 Å². The van der Waals surface area contributed by atoms with Crippen molar-refractivity contribution >= 4 is 28.1 Å². The van der Waals surface area contributed by atoms with Crippen molar-refractivity contribution < 1.29 is 4.79 Å². The van der Waals surface area contributed by atoms with Crippen molar-refractivity contribution in [2.45, 2.75) is 26.7 Å². The summed E-state index contributed by atoms with van der Waals surface area (Å²) < 4.78 is 0. The maximum Gasteiger partial charge on any atom is 0.267 e. The SMILES string of the molecule is Cc1ccc2[nH]c(C(=O)NCCCc3nc(C)cs3)cc2c1. The van der Waals surface area contributed by atoms with Crippen molar-refractivity contribution in [1.82, 2.24) is 15.3 Å². The second-order valence-electron chi connectivity index (χ2n) is 5.52. The highest BCUT2D eigenvalue weighted by Gasteiger charge is 2.09. The molecule has 1 amide bonds. The number of hydrogen-bond donors (Lipinski definition) is 2. The normalized spacial score (nSPS) is 11.0. The molecular weight excluding hydrogens is 294 g/mol. The number of rotatable bonds is 5. The minimum atomic E-state index is -0.0517. The first kappa shape index (κ1) is 14.8. The molecule has 114 valence electrons. The summed E-state index contributed by atoms with van der Waals surface area (Å²) in [6, 6.07) is 8.03. The zero-order valence-electron chi connectivity index (χ0n) is 12.8. The number of aryl methyl sites for hydroxylation is 3. The molecule has 0 aliphatic rings. The van der Waals surface area contributed by atoms with Crippen LogP contribution < -0.4 is 5.32 Å². The standard InChI is InChI=1S/C17H19N3OS/c1-11-5-6-14-13(8-11)9-15(20-14)17(21)18-7-3-4-16-19-12(2)10-22-16/h5-6,8-10,20H,3-4,7H2,1-2H3,(H,18,21). The van der Waals surface area contributed by atoms with Crippen LogP contribution in [0.2, 0.25) is 0 Å². The number of benzene rings is 1. The zero-order valence-corrected chi connectivity index (χ0v) is 13.6. The molecule has 2 aromatic heterocycles. The third kappa shape index (κ3) is 3.36. The molecule has 4 nitrogen and oxygen atoms in total. The number of aromatic amines is 1. The van der Waals surface area contributed by atoms with Crippen LogP contribution in [0.1, 0.15) is 33.2 Å². The predicted octanol–water partition coefficient (Wildman–Crippen LogP) is 3.60. The second-order valence-corrected chi connectivity index (χ2v) is 6.46. The number of nitrogens with zero attached hydrogens (tertiary/aromatic N) is 1. The Balaban J connectivity index is 1.54. The molecule has 22 heavy (non-hydrogen) atoms. The number of amides is 1. The predicted molar refractivity (Wildman–Crippen MR) is 90.5 cm³/mol. The van der Waals surface area contributed by atoms with E-state index in [2.05, 4.69) is 26.7 Å². The van der Waals surface area contributed by atoms with Crippen LogP contribution in [0, 0.1) is 13.8 Å². The van der Waals surface area contributed by atoms with Crippen LogP contribution in [0.15, 0.2) is 29.6 Å². The summed E-state index contributed by atoms with van der Waals surface area (Å²) in [6.07, 6.45) is 1.81. The van der Waals surface area contributed by atoms with Gasteiger partial charge in [0.1, 0.15) is 5.69 Å². The number of carbonyl (C=O) groups excluding carboxylic acids is 1. The van der Waals surface area contributed by atoms with E-state index in [1.165, 1.54) is 5.56 Å². The number of hydrogen-bond acceptors (Lipinski definition) is 3. The fraction of sp³-hybridized carbons (Fsp3) is 0.294. The van der Waals surface area contributed by atoms with E-state index in [-0.39, 0.29) is 5.91 Å². The van der Waals surface area contributed by atoms with Gasteiger partial charge in [-0.05, 0) is 38.5 Å². The fourth-order valence-electron chi connectivity index (χ4n) is 2.43. The average Bonchev–Trinajstić information content (AvgIpc) is 3.09. The van der Waals surface area contributed by atoms with Gasteiger partial charge in [0.25, 0.3) is 5.91 Å². The number of thiazole rings is 1. The maximum absolute atomic E-state index is 12.2. The third-order valence-corrected chi connectivity index (χ3v) is 4.57. The fourth-order valence-corrected chi connectivity index (χ4v) is 3.25. The van der Waals surface area contributed by atoms with Crippen LogP contribution in [-0.2, 0) is 6.42 Å². The second kappa shape index (κ2) is 6.32. The molecule has 0 radical (unpaired) electrons. The molecule has 2 heterocycles. The van der Waals surface area contributed by atoms with Gasteiger partial charge in [-0.3, -0.25) is 4.79 Å². The molecule has 3 rings (SSSR count). The Hall–Kier alpha value is -2.14. The van der Waals surface area contributed by atoms with Gasteiger partial charge in [-0.2, -0.15) is 0 Å². The summed E-state index contributed by atoms with van der Waals surface area (Å²) in [7, 11) is 0. The number of fused-ring (bicyclic) bond motifs is 1. The van der Waals surface area contributed by atoms with E-state index < -0.39 is 0 Å². The van der Waals surface area contributed by atoms with E-state index in [9.17, 15) is 4.79 Å². The Morgan fingerprint density at radius 2 is 2.18 bits per heavy atom. The van der Waals surface area contributed by atoms with Crippen molar-refractivity contribution in [3.05, 3.63) is 51.6 Å². The number of aromatic nitrogens is 2. The van der Waals surface area contributed by atoms with Crippen LogP contribution in [0.3, 0.4) is 0 Å². The van der Waals surface area contributed by atoms with Gasteiger partial charge < -0.3 is 10.3 Å². The van der Waals surface area contributed by atoms with Gasteiger partial charge in [0.15, 0.2) is 0 Å². The largest absolute Gasteiger partial charge is 0.351 e. The third-order valence-electron chi connectivity index (χ3n) is 3.54. The number of carbonyl (C=O) groups is 1. The highest BCUT2D eigenvalue weighted by Crippen LogP contribution is 2.17. The van der Waals surface area contributed by atoms with Crippen LogP contribution in [0.4, 0.5) is 0 Å². The molecule has 0 saturated carbocycles. The Kier molecular flexibility index (Phi) is 4.24. The molecule has 1 aromatic carbocycles. The minimum Gasteiger partial charge on any atom is -0.351 e. The summed E-state index contributed by atoms with van der Waals surface area (Å²) in [4.78, 5) is 19.7. The lowest BCUT2D eigenvalue weighted by Crippen LogP contribution is -2.25. The lowest BCUT2D eigenvalue weighted by molar-refractivity contribution is 0.0949. The van der Waals surface area contributed by atoms with Crippen molar-refractivity contribution in [3.63, 3.8) is 0 Å². The van der Waals surface area contributed by atoms with Gasteiger partial charge in [0.2, 0.25) is 0 Å². The Labute approximate surface area is 133 Å². The highest BCUT2D eigenvalue weighted by molar-refractivity contribution is 7.09. The van der Waals surface area contributed by atoms with E-state index in [0.29, 0.717) is 12.2 Å². The number of H-pyrrole nitrogens is 1. The van der Waals surface area contributed by atoms with E-state index >= 15 is 0 Å². The molecule has 0 aliphatic heterocycles. The lowest BCUT2D eigenvalue weighted by Gasteiger charge is -2.02. The molecule has 0 spiro atoms. The van der Waals surface area contributed by atoms with Crippen molar-refractivity contribution in [1.29, 1.82) is 0 Å². The zero-order chi connectivity index (χ0) is 15.5. The van der Waals surface area contributed by atoms with E-state index in [0.717, 1.165) is 34.4 Å². The van der Waals surface area contributed by atoms with Crippen molar-refractivity contribution in [2.24, 2.45) is 0 Å². The first-order valence-electron chi connectivity index (χ1n) is 7.40. The lowest BCUT2D eigenvalue weighted by atomic mass is 10.2. The summed E-state index contributed by atoms with van der Waals surface area (Å²) in [5.41, 5.74) is 3.87. The van der Waals surface area contributed by atoms with Gasteiger partial charge in [-0.15, -0.1) is 11.3 Å². The van der Waals surface area contributed by atoms with Crippen LogP contribution in [0.5, 0.6) is 0 Å². The van der Waals surface area contributed by atoms with Gasteiger partial charge >= 0.3 is 0 Å². The smallest absolute Gasteiger partial charge is 0.267 e. The Morgan fingerprint density at radius 3 is 2.95 bits per heavy atom. The molecule has 5 heteroatoms. The monoisotopic (exact) mass is 313 g/mol. The molecule has 0 unspecified atom stereocenters. The molecule has 0 atom stereocenters. The molecule has 3 aromatic rings. The summed E-state index contributed by atoms with van der Waals surface area (Å²) in [5, 5.41) is 7.22. The summed E-state index contributed by atoms with van der Waals surface area (Å²) >= 11 is 1.68. The van der Waals surface area contributed by atoms with Crippen LogP contribution in [0.25, 0.3) is 10.9 Å². The number of nitrogens with one attached hydrogen (secondary N) is 2. The van der Waals surface area contributed by atoms with E-state index in [4.69, 9.17) is 0 Å². The Morgan fingerprint density at radius 1 is 1.32 bits per heavy atom. The minimum absolute atomic E-state index is 0.0517. The van der Waals surface area contributed by atoms with Gasteiger partial charge in [0, 0.05) is 34.9 Å². The summed E-state index contributed by atoms with van der Waals surface area (Å²) in [6.45, 7) is 4.71. The van der Waals surface area contributed by atoms with Gasteiger partial charge in [-0.25, -0.2) is 4.98 Å². The molecule has 0 bridgehead atoms. The average molecular weight is 313 g/mol. The molecule has 0 fully saturated rings. The quantitative estimate of drug-likeness (QED) is 0.707. The first-order chi connectivity index (χ1) is 10.6. The molecule has 0 aliphatic carbocycles. The summed E-state index contributed by atoms with van der Waals surface area (Å²) in [5.74, 6) is -0.0517. The Bertz CT molecular complexity index is 803. The molecular formula is C17H19N3OS. The first-order valence-corrected chi connectivity index (χ1v) is 8.28. The van der Waals surface area contributed by atoms with Crippen molar-refractivity contribution in [2.75, 3.05) is 6.54 Å². The molecule has 2 N–H and O–H groups in total. The van der Waals surface area contributed by atoms with E-state index in [1.54, 1.807) is 11.3 Å². The van der Waals surface area contributed by atoms with Crippen molar-refractivity contribution in [3.8, 4) is 0 Å². The van der Waals surface area contributed by atoms with Gasteiger partial charge in [0.05, 0.1) is 5.01 Å². The maximum atomic E-state index is 12.2. The molecule has 0 saturated heterocycles.